The second kappa shape index (κ2) is 7.24. The predicted octanol–water partition coefficient (Wildman–Crippen LogP) is 2.17. The number of carboxylic acid groups (broad SMARTS) is 1. The molecule has 1 atom stereocenters. The van der Waals surface area contributed by atoms with E-state index in [2.05, 4.69) is 5.32 Å². The number of amides is 2. The highest BCUT2D eigenvalue weighted by molar-refractivity contribution is 5.82. The van der Waals surface area contributed by atoms with Crippen LogP contribution in [-0.2, 0) is 4.79 Å². The van der Waals surface area contributed by atoms with Gasteiger partial charge in [0, 0.05) is 12.6 Å². The predicted molar refractivity (Wildman–Crippen MR) is 71.5 cm³/mol. The van der Waals surface area contributed by atoms with Crippen molar-refractivity contribution in [3.8, 4) is 0 Å². The molecule has 0 aromatic carbocycles. The Morgan fingerprint density at radius 3 is 1.89 bits per heavy atom. The Kier molecular flexibility index (Phi) is 6.73. The molecule has 0 rings (SSSR count). The topological polar surface area (TPSA) is 69.6 Å². The van der Waals surface area contributed by atoms with E-state index in [1.165, 1.54) is 0 Å². The minimum atomic E-state index is -0.994. The van der Waals surface area contributed by atoms with Crippen LogP contribution in [0.15, 0.2) is 0 Å². The Morgan fingerprint density at radius 2 is 1.61 bits per heavy atom. The smallest absolute Gasteiger partial charge is 0.326 e. The van der Waals surface area contributed by atoms with E-state index in [0.29, 0.717) is 12.5 Å². The van der Waals surface area contributed by atoms with Gasteiger partial charge in [0.2, 0.25) is 0 Å². The molecular formula is C13H26N2O3. The van der Waals surface area contributed by atoms with Crippen molar-refractivity contribution < 1.29 is 14.7 Å². The number of nitrogens with one attached hydrogen (secondary N) is 1. The van der Waals surface area contributed by atoms with E-state index in [1.807, 2.05) is 27.7 Å². The third kappa shape index (κ3) is 5.38. The van der Waals surface area contributed by atoms with Crippen LogP contribution in [0.25, 0.3) is 0 Å². The van der Waals surface area contributed by atoms with Gasteiger partial charge < -0.3 is 15.3 Å². The van der Waals surface area contributed by atoms with E-state index in [0.717, 1.165) is 0 Å². The summed E-state index contributed by atoms with van der Waals surface area (Å²) in [5.41, 5.74) is 0. The fourth-order valence-electron chi connectivity index (χ4n) is 1.65. The van der Waals surface area contributed by atoms with Gasteiger partial charge >= 0.3 is 12.0 Å². The van der Waals surface area contributed by atoms with Crippen LogP contribution >= 0.6 is 0 Å². The molecule has 0 aromatic heterocycles. The van der Waals surface area contributed by atoms with Gasteiger partial charge in [-0.15, -0.1) is 0 Å². The summed E-state index contributed by atoms with van der Waals surface area (Å²) in [5.74, 6) is -0.786. The van der Waals surface area contributed by atoms with Crippen molar-refractivity contribution in [2.24, 2.45) is 11.8 Å². The molecule has 0 aliphatic carbocycles. The standard InChI is InChI=1S/C13H26N2O3/c1-8(2)7-15(10(5)6)13(18)14-11(9(3)4)12(16)17/h8-11H,7H2,1-6H3,(H,14,18)(H,16,17)/t11-/m0/s1. The first-order valence-corrected chi connectivity index (χ1v) is 6.46. The fourth-order valence-corrected chi connectivity index (χ4v) is 1.65. The van der Waals surface area contributed by atoms with Crippen LogP contribution in [0.5, 0.6) is 0 Å². The van der Waals surface area contributed by atoms with E-state index in [4.69, 9.17) is 5.11 Å². The van der Waals surface area contributed by atoms with Crippen LogP contribution in [0.3, 0.4) is 0 Å². The zero-order chi connectivity index (χ0) is 14.5. The Labute approximate surface area is 110 Å². The van der Waals surface area contributed by atoms with Gasteiger partial charge in [-0.2, -0.15) is 0 Å². The molecular weight excluding hydrogens is 232 g/mol. The highest BCUT2D eigenvalue weighted by Gasteiger charge is 2.27. The Hall–Kier alpha value is -1.26. The van der Waals surface area contributed by atoms with Crippen molar-refractivity contribution in [3.63, 3.8) is 0 Å². The molecule has 0 heterocycles. The van der Waals surface area contributed by atoms with Crippen LogP contribution in [-0.4, -0.2) is 40.6 Å². The van der Waals surface area contributed by atoms with Gasteiger partial charge in [-0.05, 0) is 25.7 Å². The largest absolute Gasteiger partial charge is 0.480 e. The normalized spacial score (nSPS) is 12.9. The van der Waals surface area contributed by atoms with Crippen molar-refractivity contribution in [2.75, 3.05) is 6.54 Å². The molecule has 0 bridgehead atoms. The van der Waals surface area contributed by atoms with Crippen molar-refractivity contribution in [1.29, 1.82) is 0 Å². The summed E-state index contributed by atoms with van der Waals surface area (Å²) in [6.45, 7) is 12.1. The molecule has 0 aliphatic rings. The van der Waals surface area contributed by atoms with Crippen molar-refractivity contribution in [3.05, 3.63) is 0 Å². The van der Waals surface area contributed by atoms with Gasteiger partial charge in [0.05, 0.1) is 0 Å². The van der Waals surface area contributed by atoms with E-state index >= 15 is 0 Å². The molecule has 0 saturated carbocycles. The summed E-state index contributed by atoms with van der Waals surface area (Å²) in [4.78, 5) is 24.8. The van der Waals surface area contributed by atoms with Crippen molar-refractivity contribution >= 4 is 12.0 Å². The molecule has 0 aliphatic heterocycles. The Bertz CT molecular complexity index is 288. The molecule has 2 N–H and O–H groups in total. The first kappa shape index (κ1) is 16.7. The molecule has 5 nitrogen and oxygen atoms in total. The zero-order valence-electron chi connectivity index (χ0n) is 12.2. The third-order valence-electron chi connectivity index (χ3n) is 2.66. The first-order valence-electron chi connectivity index (χ1n) is 6.46. The lowest BCUT2D eigenvalue weighted by Gasteiger charge is -2.30. The number of rotatable bonds is 6. The molecule has 0 aromatic rings. The number of carbonyl (C=O) groups is 2. The SMILES string of the molecule is CC(C)CN(C(=O)N[C@H](C(=O)O)C(C)C)C(C)C. The number of hydrogen-bond acceptors (Lipinski definition) is 2. The van der Waals surface area contributed by atoms with Crippen LogP contribution in [0.1, 0.15) is 41.5 Å². The quantitative estimate of drug-likeness (QED) is 0.767. The van der Waals surface area contributed by atoms with Gasteiger partial charge in [-0.25, -0.2) is 9.59 Å². The van der Waals surface area contributed by atoms with Crippen LogP contribution in [0, 0.1) is 11.8 Å². The molecule has 0 radical (unpaired) electrons. The van der Waals surface area contributed by atoms with Crippen LogP contribution < -0.4 is 5.32 Å². The number of nitrogens with zero attached hydrogens (tertiary/aromatic N) is 1. The molecule has 5 heteroatoms. The molecule has 18 heavy (non-hydrogen) atoms. The minimum absolute atomic E-state index is 0.0500. The highest BCUT2D eigenvalue weighted by atomic mass is 16.4. The zero-order valence-corrected chi connectivity index (χ0v) is 12.2. The van der Waals surface area contributed by atoms with Gasteiger partial charge in [-0.1, -0.05) is 27.7 Å². The summed E-state index contributed by atoms with van der Waals surface area (Å²) < 4.78 is 0. The molecule has 2 amide bonds. The van der Waals surface area contributed by atoms with E-state index in [-0.39, 0.29) is 18.0 Å². The summed E-state index contributed by atoms with van der Waals surface area (Å²) in [7, 11) is 0. The first-order chi connectivity index (χ1) is 8.16. The second-order valence-corrected chi connectivity index (χ2v) is 5.65. The number of urea groups is 1. The average molecular weight is 258 g/mol. The van der Waals surface area contributed by atoms with Crippen LogP contribution in [0.2, 0.25) is 0 Å². The van der Waals surface area contributed by atoms with E-state index in [9.17, 15) is 9.59 Å². The number of aliphatic carboxylic acids is 1. The lowest BCUT2D eigenvalue weighted by atomic mass is 10.1. The monoisotopic (exact) mass is 258 g/mol. The maximum Gasteiger partial charge on any atom is 0.326 e. The minimum Gasteiger partial charge on any atom is -0.480 e. The lowest BCUT2D eigenvalue weighted by molar-refractivity contribution is -0.140. The maximum atomic E-state index is 12.1. The second-order valence-electron chi connectivity index (χ2n) is 5.65. The molecule has 0 unspecified atom stereocenters. The molecule has 0 spiro atoms. The molecule has 0 saturated heterocycles. The van der Waals surface area contributed by atoms with E-state index in [1.54, 1.807) is 18.7 Å². The van der Waals surface area contributed by atoms with E-state index < -0.39 is 12.0 Å². The molecule has 106 valence electrons. The van der Waals surface area contributed by atoms with Crippen molar-refractivity contribution in [1.82, 2.24) is 10.2 Å². The van der Waals surface area contributed by atoms with Gasteiger partial charge in [-0.3, -0.25) is 0 Å². The summed E-state index contributed by atoms with van der Waals surface area (Å²) in [5, 5.41) is 11.7. The summed E-state index contributed by atoms with van der Waals surface area (Å²) in [6, 6.07) is -1.10. The number of carbonyl (C=O) groups excluding carboxylic acids is 1. The average Bonchev–Trinajstić information content (AvgIpc) is 2.20. The summed E-state index contributed by atoms with van der Waals surface area (Å²) >= 11 is 0. The van der Waals surface area contributed by atoms with Gasteiger partial charge in [0.1, 0.15) is 6.04 Å². The van der Waals surface area contributed by atoms with Crippen LogP contribution in [0.4, 0.5) is 4.79 Å². The highest BCUT2D eigenvalue weighted by Crippen LogP contribution is 2.07. The molecule has 0 fully saturated rings. The van der Waals surface area contributed by atoms with Gasteiger partial charge in [0.15, 0.2) is 0 Å². The fraction of sp³-hybridized carbons (Fsp3) is 0.846. The lowest BCUT2D eigenvalue weighted by Crippen LogP contribution is -2.52. The maximum absolute atomic E-state index is 12.1. The summed E-state index contributed by atoms with van der Waals surface area (Å²) in [6.07, 6.45) is 0. The Morgan fingerprint density at radius 1 is 1.11 bits per heavy atom. The van der Waals surface area contributed by atoms with Crippen molar-refractivity contribution in [2.45, 2.75) is 53.6 Å². The third-order valence-corrected chi connectivity index (χ3v) is 2.66. The Balaban J connectivity index is 4.72. The van der Waals surface area contributed by atoms with Gasteiger partial charge in [0.25, 0.3) is 0 Å². The number of carboxylic acids is 1. The number of hydrogen-bond donors (Lipinski definition) is 2.